The molecule has 0 spiro atoms. The quantitative estimate of drug-likeness (QED) is 0.711. The van der Waals surface area contributed by atoms with Gasteiger partial charge in [0.2, 0.25) is 5.91 Å². The van der Waals surface area contributed by atoms with Crippen molar-refractivity contribution in [3.8, 4) is 0 Å². The van der Waals surface area contributed by atoms with Gasteiger partial charge in [0.15, 0.2) is 0 Å². The number of carboxylic acids is 1. The van der Waals surface area contributed by atoms with Gasteiger partial charge in [-0.2, -0.15) is 0 Å². The lowest BCUT2D eigenvalue weighted by Crippen LogP contribution is -2.51. The van der Waals surface area contributed by atoms with Crippen LogP contribution in [0.25, 0.3) is 0 Å². The summed E-state index contributed by atoms with van der Waals surface area (Å²) in [5.74, 6) is -0.534. The van der Waals surface area contributed by atoms with Gasteiger partial charge in [-0.1, -0.05) is 0 Å². The van der Waals surface area contributed by atoms with Crippen LogP contribution in [0.3, 0.4) is 0 Å². The van der Waals surface area contributed by atoms with Crippen LogP contribution >= 0.6 is 0 Å². The molecule has 0 bridgehead atoms. The van der Waals surface area contributed by atoms with Gasteiger partial charge in [-0.15, -0.1) is 0 Å². The number of aliphatic carboxylic acids is 1. The van der Waals surface area contributed by atoms with Crippen molar-refractivity contribution in [1.29, 1.82) is 0 Å². The molecule has 2 fully saturated rings. The van der Waals surface area contributed by atoms with Gasteiger partial charge in [-0.3, -0.25) is 9.59 Å². The highest BCUT2D eigenvalue weighted by atomic mass is 16.4. The van der Waals surface area contributed by atoms with Crippen molar-refractivity contribution >= 4 is 11.9 Å². The standard InChI is InChI=1S/C12H20N2O3/c13-12(4-1-5-12)6-10(15)14(8-11(16)17)7-9-2-3-9/h9H,1-8,13H2,(H,16,17). The number of nitrogens with zero attached hydrogens (tertiary/aromatic N) is 1. The molecule has 0 saturated heterocycles. The van der Waals surface area contributed by atoms with Crippen LogP contribution in [0.4, 0.5) is 0 Å². The largest absolute Gasteiger partial charge is 0.480 e. The summed E-state index contributed by atoms with van der Waals surface area (Å²) in [6.45, 7) is 0.395. The van der Waals surface area contributed by atoms with Gasteiger partial charge in [-0.25, -0.2) is 0 Å². The molecule has 0 heterocycles. The number of rotatable bonds is 6. The van der Waals surface area contributed by atoms with E-state index in [1.54, 1.807) is 0 Å². The molecule has 2 aliphatic carbocycles. The summed E-state index contributed by atoms with van der Waals surface area (Å²) in [4.78, 5) is 24.2. The fourth-order valence-corrected chi connectivity index (χ4v) is 2.25. The number of hydrogen-bond acceptors (Lipinski definition) is 3. The Hall–Kier alpha value is -1.10. The van der Waals surface area contributed by atoms with E-state index in [1.165, 1.54) is 4.90 Å². The van der Waals surface area contributed by atoms with Gasteiger partial charge in [0, 0.05) is 18.5 Å². The summed E-state index contributed by atoms with van der Waals surface area (Å²) < 4.78 is 0. The topological polar surface area (TPSA) is 83.6 Å². The highest BCUT2D eigenvalue weighted by Crippen LogP contribution is 2.34. The second kappa shape index (κ2) is 4.64. The van der Waals surface area contributed by atoms with Crippen molar-refractivity contribution in [3.63, 3.8) is 0 Å². The van der Waals surface area contributed by atoms with E-state index in [2.05, 4.69) is 0 Å². The minimum Gasteiger partial charge on any atom is -0.480 e. The minimum absolute atomic E-state index is 0.0958. The molecule has 2 rings (SSSR count). The second-order valence-electron chi connectivity index (χ2n) is 5.50. The predicted molar refractivity (Wildman–Crippen MR) is 62.3 cm³/mol. The summed E-state index contributed by atoms with van der Waals surface area (Å²) in [5.41, 5.74) is 5.66. The molecule has 0 aliphatic heterocycles. The Morgan fingerprint density at radius 3 is 2.41 bits per heavy atom. The molecule has 17 heavy (non-hydrogen) atoms. The zero-order valence-electron chi connectivity index (χ0n) is 10.0. The Balaban J connectivity index is 1.88. The third-order valence-electron chi connectivity index (χ3n) is 3.71. The first-order valence-electron chi connectivity index (χ1n) is 6.27. The third-order valence-corrected chi connectivity index (χ3v) is 3.71. The van der Waals surface area contributed by atoms with Crippen molar-refractivity contribution in [2.75, 3.05) is 13.1 Å². The van der Waals surface area contributed by atoms with Gasteiger partial charge in [0.05, 0.1) is 0 Å². The number of hydrogen-bond donors (Lipinski definition) is 2. The molecule has 5 nitrogen and oxygen atoms in total. The highest BCUT2D eigenvalue weighted by molar-refractivity contribution is 5.82. The van der Waals surface area contributed by atoms with Crippen LogP contribution in [-0.2, 0) is 9.59 Å². The maximum atomic E-state index is 12.0. The van der Waals surface area contributed by atoms with Crippen molar-refractivity contribution < 1.29 is 14.7 Å². The van der Waals surface area contributed by atoms with Crippen LogP contribution < -0.4 is 5.73 Å². The summed E-state index contributed by atoms with van der Waals surface area (Å²) in [6.07, 6.45) is 5.35. The van der Waals surface area contributed by atoms with Gasteiger partial charge in [-0.05, 0) is 38.0 Å². The fraction of sp³-hybridized carbons (Fsp3) is 0.833. The number of nitrogens with two attached hydrogens (primary N) is 1. The second-order valence-corrected chi connectivity index (χ2v) is 5.50. The highest BCUT2D eigenvalue weighted by Gasteiger charge is 2.37. The molecule has 2 aliphatic rings. The zero-order valence-corrected chi connectivity index (χ0v) is 10.0. The molecule has 0 aromatic carbocycles. The van der Waals surface area contributed by atoms with Gasteiger partial charge in [0.25, 0.3) is 0 Å². The first kappa shape index (κ1) is 12.4. The molecular weight excluding hydrogens is 220 g/mol. The Morgan fingerprint density at radius 2 is 2.00 bits per heavy atom. The van der Waals surface area contributed by atoms with Crippen LogP contribution in [0.15, 0.2) is 0 Å². The smallest absolute Gasteiger partial charge is 0.323 e. The predicted octanol–water partition coefficient (Wildman–Crippen LogP) is 0.581. The number of carbonyl (C=O) groups excluding carboxylic acids is 1. The Morgan fingerprint density at radius 1 is 1.35 bits per heavy atom. The molecule has 0 aromatic rings. The van der Waals surface area contributed by atoms with Crippen molar-refractivity contribution in [2.24, 2.45) is 11.7 Å². The summed E-state index contributed by atoms with van der Waals surface area (Å²) in [7, 11) is 0. The first-order valence-corrected chi connectivity index (χ1v) is 6.27. The average molecular weight is 240 g/mol. The van der Waals surface area contributed by atoms with Crippen LogP contribution in [0.1, 0.15) is 38.5 Å². The molecule has 2 saturated carbocycles. The van der Waals surface area contributed by atoms with Crippen molar-refractivity contribution in [1.82, 2.24) is 4.90 Å². The third kappa shape index (κ3) is 3.43. The van der Waals surface area contributed by atoms with E-state index in [0.717, 1.165) is 32.1 Å². The molecule has 0 aromatic heterocycles. The Kier molecular flexibility index (Phi) is 3.38. The van der Waals surface area contributed by atoms with E-state index in [4.69, 9.17) is 10.8 Å². The van der Waals surface area contributed by atoms with E-state index in [0.29, 0.717) is 18.9 Å². The minimum atomic E-state index is -0.946. The number of amides is 1. The summed E-state index contributed by atoms with van der Waals surface area (Å²) in [6, 6.07) is 0. The van der Waals surface area contributed by atoms with E-state index < -0.39 is 5.97 Å². The molecule has 0 unspecified atom stereocenters. The van der Waals surface area contributed by atoms with Gasteiger partial charge < -0.3 is 15.7 Å². The van der Waals surface area contributed by atoms with Crippen LogP contribution in [0.2, 0.25) is 0 Å². The zero-order chi connectivity index (χ0) is 12.5. The van der Waals surface area contributed by atoms with E-state index in [9.17, 15) is 9.59 Å². The fourth-order valence-electron chi connectivity index (χ4n) is 2.25. The molecule has 0 atom stereocenters. The van der Waals surface area contributed by atoms with Crippen LogP contribution in [0.5, 0.6) is 0 Å². The van der Waals surface area contributed by atoms with Crippen molar-refractivity contribution in [3.05, 3.63) is 0 Å². The molecule has 3 N–H and O–H groups in total. The molecule has 0 radical (unpaired) electrons. The average Bonchev–Trinajstić information content (AvgIpc) is 2.97. The number of carbonyl (C=O) groups is 2. The lowest BCUT2D eigenvalue weighted by atomic mass is 9.75. The molecule has 5 heteroatoms. The first-order chi connectivity index (χ1) is 7.98. The molecule has 96 valence electrons. The summed E-state index contributed by atoms with van der Waals surface area (Å²) in [5, 5.41) is 8.81. The van der Waals surface area contributed by atoms with Crippen LogP contribution in [-0.4, -0.2) is 40.5 Å². The maximum absolute atomic E-state index is 12.0. The summed E-state index contributed by atoms with van der Waals surface area (Å²) >= 11 is 0. The van der Waals surface area contributed by atoms with Gasteiger partial charge in [0.1, 0.15) is 6.54 Å². The SMILES string of the molecule is NC1(CC(=O)N(CC(=O)O)CC2CC2)CCC1. The lowest BCUT2D eigenvalue weighted by Gasteiger charge is -2.38. The van der Waals surface area contributed by atoms with Crippen molar-refractivity contribution in [2.45, 2.75) is 44.1 Å². The van der Waals surface area contributed by atoms with E-state index >= 15 is 0 Å². The van der Waals surface area contributed by atoms with Crippen LogP contribution in [0, 0.1) is 5.92 Å². The maximum Gasteiger partial charge on any atom is 0.323 e. The lowest BCUT2D eigenvalue weighted by molar-refractivity contribution is -0.145. The Bertz CT molecular complexity index is 322. The number of carboxylic acid groups (broad SMARTS) is 1. The van der Waals surface area contributed by atoms with E-state index in [-0.39, 0.29) is 18.0 Å². The van der Waals surface area contributed by atoms with E-state index in [1.807, 2.05) is 0 Å². The molecular formula is C12H20N2O3. The normalized spacial score (nSPS) is 21.7. The Labute approximate surface area is 101 Å². The molecule has 1 amide bonds. The van der Waals surface area contributed by atoms with Gasteiger partial charge >= 0.3 is 5.97 Å². The monoisotopic (exact) mass is 240 g/mol.